The summed E-state index contributed by atoms with van der Waals surface area (Å²) < 4.78 is 5.18. The molecule has 314 valence electrons. The summed E-state index contributed by atoms with van der Waals surface area (Å²) in [4.78, 5) is 2.23. The molecule has 0 saturated carbocycles. The lowest BCUT2D eigenvalue weighted by molar-refractivity contribution is 0.175. The van der Waals surface area contributed by atoms with Gasteiger partial charge in [-0.3, -0.25) is 0 Å². The molecule has 0 aliphatic heterocycles. The molecular formula is C55H83NO. The summed E-state index contributed by atoms with van der Waals surface area (Å²) in [7, 11) is 3.85. The molecule has 1 aliphatic rings. The number of allylic oxidation sites excluding steroid dienone is 18. The highest BCUT2D eigenvalue weighted by atomic mass is 16.5. The maximum absolute atomic E-state index is 5.18. The number of methoxy groups -OCH3 is 1. The summed E-state index contributed by atoms with van der Waals surface area (Å²) >= 11 is 0. The van der Waals surface area contributed by atoms with E-state index in [2.05, 4.69) is 193 Å². The lowest BCUT2D eigenvalue weighted by atomic mass is 9.89. The van der Waals surface area contributed by atoms with Gasteiger partial charge in [0.2, 0.25) is 0 Å². The molecule has 0 fully saturated rings. The van der Waals surface area contributed by atoms with Gasteiger partial charge in [0.1, 0.15) is 0 Å². The zero-order valence-corrected chi connectivity index (χ0v) is 38.9. The summed E-state index contributed by atoms with van der Waals surface area (Å²) in [6.45, 7) is 33.8. The summed E-state index contributed by atoms with van der Waals surface area (Å²) in [5.41, 5.74) is 10.6. The van der Waals surface area contributed by atoms with Crippen molar-refractivity contribution in [3.8, 4) is 0 Å². The predicted octanol–water partition coefficient (Wildman–Crippen LogP) is 16.7. The van der Waals surface area contributed by atoms with Crippen molar-refractivity contribution in [3.05, 3.63) is 198 Å². The molecule has 2 aromatic rings. The van der Waals surface area contributed by atoms with Gasteiger partial charge in [-0.25, -0.2) is 0 Å². The number of hydrogen-bond acceptors (Lipinski definition) is 2. The van der Waals surface area contributed by atoms with Crippen molar-refractivity contribution in [1.82, 2.24) is 4.90 Å². The zero-order valence-electron chi connectivity index (χ0n) is 38.9. The lowest BCUT2D eigenvalue weighted by Crippen LogP contribution is -2.21. The van der Waals surface area contributed by atoms with E-state index in [4.69, 9.17) is 4.74 Å². The van der Waals surface area contributed by atoms with Gasteiger partial charge in [-0.1, -0.05) is 214 Å². The third kappa shape index (κ3) is 26.8. The van der Waals surface area contributed by atoms with E-state index in [1.54, 1.807) is 13.2 Å². The summed E-state index contributed by atoms with van der Waals surface area (Å²) in [6.07, 6.45) is 33.9. The first-order valence-corrected chi connectivity index (χ1v) is 21.4. The number of benzene rings is 2. The lowest BCUT2D eigenvalue weighted by Gasteiger charge is -2.20. The molecule has 0 amide bonds. The molecular weight excluding hydrogens is 691 g/mol. The highest BCUT2D eigenvalue weighted by Crippen LogP contribution is 2.28. The Morgan fingerprint density at radius 2 is 1.37 bits per heavy atom. The molecule has 0 atom stereocenters. The first-order chi connectivity index (χ1) is 27.8. The van der Waals surface area contributed by atoms with Crippen LogP contribution in [0.25, 0.3) is 5.57 Å². The van der Waals surface area contributed by atoms with E-state index in [1.807, 2.05) is 54.5 Å². The molecule has 0 unspecified atom stereocenters. The average Bonchev–Trinajstić information content (AvgIpc) is 3.55. The predicted molar refractivity (Wildman–Crippen MR) is 263 cm³/mol. The van der Waals surface area contributed by atoms with Crippen molar-refractivity contribution < 1.29 is 4.74 Å². The Morgan fingerprint density at radius 3 is 1.84 bits per heavy atom. The first kappa shape index (κ1) is 56.7. The van der Waals surface area contributed by atoms with Crippen LogP contribution >= 0.6 is 0 Å². The van der Waals surface area contributed by atoms with E-state index in [0.29, 0.717) is 5.92 Å². The van der Waals surface area contributed by atoms with E-state index >= 15 is 0 Å². The van der Waals surface area contributed by atoms with Gasteiger partial charge in [-0.15, -0.1) is 6.58 Å². The molecule has 2 nitrogen and oxygen atoms in total. The quantitative estimate of drug-likeness (QED) is 0.124. The Morgan fingerprint density at radius 1 is 0.807 bits per heavy atom. The van der Waals surface area contributed by atoms with Crippen molar-refractivity contribution in [3.63, 3.8) is 0 Å². The molecule has 2 aromatic carbocycles. The molecule has 1 aliphatic carbocycles. The van der Waals surface area contributed by atoms with Crippen LogP contribution in [0.5, 0.6) is 0 Å². The molecule has 0 aromatic heterocycles. The smallest absolute Gasteiger partial charge is 0.0637 e. The van der Waals surface area contributed by atoms with Crippen LogP contribution in [0.4, 0.5) is 0 Å². The minimum absolute atomic E-state index is 0.561. The van der Waals surface area contributed by atoms with Gasteiger partial charge in [-0.05, 0) is 91.9 Å². The fourth-order valence-corrected chi connectivity index (χ4v) is 5.28. The van der Waals surface area contributed by atoms with Gasteiger partial charge in [0.05, 0.1) is 6.61 Å². The van der Waals surface area contributed by atoms with Crippen LogP contribution in [0.15, 0.2) is 187 Å². The SMILES string of the molecule is C/C=C(\C=C/C/C(C1=CC=CC=CC1)=C(/C)C(C)C)N(C)CCOC.C=CC.C=CC(/C=C\CC=C(c1ccccc1)c1ccccc1)=C/CC.CC.CC.CC. The number of ether oxygens (including phenoxy) is 1. The Kier molecular flexibility index (Phi) is 40.7. The van der Waals surface area contributed by atoms with E-state index < -0.39 is 0 Å². The second kappa shape index (κ2) is 41.0. The fraction of sp³-hybridized carbons (Fsp3) is 0.382. The van der Waals surface area contributed by atoms with Gasteiger partial charge < -0.3 is 9.64 Å². The van der Waals surface area contributed by atoms with E-state index in [-0.39, 0.29) is 0 Å². The van der Waals surface area contributed by atoms with Gasteiger partial charge in [0.15, 0.2) is 0 Å². The minimum atomic E-state index is 0.561. The number of nitrogens with zero attached hydrogens (tertiary/aromatic N) is 1. The second-order valence-electron chi connectivity index (χ2n) is 12.5. The van der Waals surface area contributed by atoms with Crippen molar-refractivity contribution in [2.75, 3.05) is 27.3 Å². The van der Waals surface area contributed by atoms with Crippen LogP contribution < -0.4 is 0 Å². The molecule has 0 radical (unpaired) electrons. The molecule has 0 spiro atoms. The summed E-state index contributed by atoms with van der Waals surface area (Å²) in [5.74, 6) is 0.561. The first-order valence-electron chi connectivity index (χ1n) is 21.4. The van der Waals surface area contributed by atoms with Crippen molar-refractivity contribution in [2.24, 2.45) is 5.92 Å². The Bertz CT molecular complexity index is 1510. The number of hydrogen-bond donors (Lipinski definition) is 0. The van der Waals surface area contributed by atoms with Gasteiger partial charge in [0.25, 0.3) is 0 Å². The van der Waals surface area contributed by atoms with E-state index in [9.17, 15) is 0 Å². The van der Waals surface area contributed by atoms with Crippen molar-refractivity contribution in [2.45, 2.75) is 109 Å². The van der Waals surface area contributed by atoms with Crippen LogP contribution in [-0.2, 0) is 4.74 Å². The standard InChI is InChI=1S/C23H35NO.C23H24.C3H6.3C2H6/c1-7-22(24(5)17-18-25-6)15-12-16-23(20(4)19(2)3)21-13-10-8-9-11-14-21;1-3-13-20(4-2)14-11-12-19-23(21-15-7-5-8-16-21)22-17-9-6-10-18-22;1-3-2;3*1-2/h7-13,15,19H,14,16-18H2,1-6H3;4-11,13-19H,2-3,12H2,1H3;3H,1H2,2H3;3*1-2H3/b15-12-,22-7+,23-20+;14-11-,20-13-;;;;. The number of likely N-dealkylation sites (N-methyl/N-ethyl adjacent to an activating group) is 1. The van der Waals surface area contributed by atoms with Crippen LogP contribution in [-0.4, -0.2) is 32.2 Å². The monoisotopic (exact) mass is 774 g/mol. The second-order valence-corrected chi connectivity index (χ2v) is 12.5. The highest BCUT2D eigenvalue weighted by molar-refractivity contribution is 5.79. The van der Waals surface area contributed by atoms with Crippen LogP contribution in [0.2, 0.25) is 0 Å². The van der Waals surface area contributed by atoms with Gasteiger partial charge >= 0.3 is 0 Å². The number of rotatable bonds is 16. The van der Waals surface area contributed by atoms with Crippen LogP contribution in [0, 0.1) is 5.92 Å². The highest BCUT2D eigenvalue weighted by Gasteiger charge is 2.10. The Hall–Kier alpha value is -4.66. The van der Waals surface area contributed by atoms with Crippen LogP contribution in [0.1, 0.15) is 120 Å². The maximum atomic E-state index is 5.18. The van der Waals surface area contributed by atoms with E-state index in [0.717, 1.165) is 38.8 Å². The van der Waals surface area contributed by atoms with Crippen LogP contribution in [0.3, 0.4) is 0 Å². The third-order valence-electron chi connectivity index (χ3n) is 8.31. The van der Waals surface area contributed by atoms with Gasteiger partial charge in [-0.2, -0.15) is 0 Å². The molecule has 57 heavy (non-hydrogen) atoms. The molecule has 0 N–H and O–H groups in total. The molecule has 0 heterocycles. The fourth-order valence-electron chi connectivity index (χ4n) is 5.28. The maximum Gasteiger partial charge on any atom is 0.0637 e. The normalized spacial score (nSPS) is 12.3. The Balaban J connectivity index is -0.000000853. The largest absolute Gasteiger partial charge is 0.383 e. The molecule has 0 bridgehead atoms. The van der Waals surface area contributed by atoms with Crippen molar-refractivity contribution >= 4 is 5.57 Å². The summed E-state index contributed by atoms with van der Waals surface area (Å²) in [6, 6.07) is 21.1. The molecule has 3 rings (SSSR count). The topological polar surface area (TPSA) is 12.5 Å². The molecule has 2 heteroatoms. The van der Waals surface area contributed by atoms with E-state index in [1.165, 1.54) is 44.7 Å². The molecule has 0 saturated heterocycles. The Labute approximate surface area is 353 Å². The zero-order chi connectivity index (χ0) is 43.7. The van der Waals surface area contributed by atoms with Gasteiger partial charge in [0, 0.05) is 26.4 Å². The average molecular weight is 774 g/mol. The van der Waals surface area contributed by atoms with Crippen molar-refractivity contribution in [1.29, 1.82) is 0 Å². The summed E-state index contributed by atoms with van der Waals surface area (Å²) in [5, 5.41) is 0. The minimum Gasteiger partial charge on any atom is -0.383 e. The third-order valence-corrected chi connectivity index (χ3v) is 8.31.